The number of benzene rings is 1. The van der Waals surface area contributed by atoms with Gasteiger partial charge < -0.3 is 9.84 Å². The maximum absolute atomic E-state index is 9.31. The zero-order valence-corrected chi connectivity index (χ0v) is 10.1. The van der Waals surface area contributed by atoms with Crippen molar-refractivity contribution in [3.05, 3.63) is 28.8 Å². The molecule has 0 bridgehead atoms. The molecule has 0 saturated heterocycles. The molecule has 0 aliphatic rings. The van der Waals surface area contributed by atoms with E-state index >= 15 is 0 Å². The van der Waals surface area contributed by atoms with Crippen molar-refractivity contribution in [1.82, 2.24) is 0 Å². The fourth-order valence-electron chi connectivity index (χ4n) is 1.63. The molecule has 0 aromatic heterocycles. The van der Waals surface area contributed by atoms with Gasteiger partial charge in [-0.25, -0.2) is 0 Å². The monoisotopic (exact) mass is 228 g/mol. The molecular formula is C12H17ClO2. The Kier molecular flexibility index (Phi) is 4.43. The van der Waals surface area contributed by atoms with E-state index in [9.17, 15) is 5.11 Å². The zero-order valence-electron chi connectivity index (χ0n) is 9.33. The Morgan fingerprint density at radius 2 is 2.07 bits per heavy atom. The summed E-state index contributed by atoms with van der Waals surface area (Å²) >= 11 is 5.93. The van der Waals surface area contributed by atoms with Gasteiger partial charge in [0.25, 0.3) is 0 Å². The summed E-state index contributed by atoms with van der Waals surface area (Å²) in [6, 6.07) is 5.72. The van der Waals surface area contributed by atoms with E-state index in [0.29, 0.717) is 16.7 Å². The Bertz CT molecular complexity index is 323. The Morgan fingerprint density at radius 1 is 1.40 bits per heavy atom. The van der Waals surface area contributed by atoms with Gasteiger partial charge in [-0.3, -0.25) is 0 Å². The van der Waals surface area contributed by atoms with Gasteiger partial charge in [0.1, 0.15) is 5.75 Å². The average molecular weight is 229 g/mol. The highest BCUT2D eigenvalue weighted by Gasteiger charge is 2.11. The van der Waals surface area contributed by atoms with Gasteiger partial charge in [-0.05, 0) is 37.0 Å². The summed E-state index contributed by atoms with van der Waals surface area (Å²) in [5.41, 5.74) is 1.14. The first-order valence-corrected chi connectivity index (χ1v) is 5.44. The van der Waals surface area contributed by atoms with Crippen LogP contribution in [0.25, 0.3) is 0 Å². The number of hydrogen-bond donors (Lipinski definition) is 1. The van der Waals surface area contributed by atoms with Crippen molar-refractivity contribution in [2.45, 2.75) is 32.3 Å². The summed E-state index contributed by atoms with van der Waals surface area (Å²) in [5, 5.41) is 9.92. The number of aliphatic hydroxyl groups is 1. The smallest absolute Gasteiger partial charge is 0.137 e. The van der Waals surface area contributed by atoms with Gasteiger partial charge in [0.05, 0.1) is 18.2 Å². The molecule has 1 aromatic rings. The Labute approximate surface area is 95.8 Å². The predicted octanol–water partition coefficient (Wildman–Crippen LogP) is 3.22. The highest BCUT2D eigenvalue weighted by molar-refractivity contribution is 6.32. The van der Waals surface area contributed by atoms with E-state index < -0.39 is 0 Å². The van der Waals surface area contributed by atoms with Crippen molar-refractivity contribution in [2.24, 2.45) is 0 Å². The second-order valence-corrected chi connectivity index (χ2v) is 4.29. The van der Waals surface area contributed by atoms with Gasteiger partial charge in [0, 0.05) is 0 Å². The van der Waals surface area contributed by atoms with Crippen LogP contribution in [0.5, 0.6) is 5.75 Å². The summed E-state index contributed by atoms with van der Waals surface area (Å²) in [4.78, 5) is 0. The third kappa shape index (κ3) is 3.40. The van der Waals surface area contributed by atoms with Crippen molar-refractivity contribution in [1.29, 1.82) is 0 Å². The van der Waals surface area contributed by atoms with Gasteiger partial charge in [-0.1, -0.05) is 24.6 Å². The van der Waals surface area contributed by atoms with Crippen LogP contribution in [0.2, 0.25) is 5.02 Å². The molecule has 1 rings (SSSR count). The largest absolute Gasteiger partial charge is 0.495 e. The fourth-order valence-corrected chi connectivity index (χ4v) is 1.83. The number of ether oxygens (including phenoxy) is 1. The van der Waals surface area contributed by atoms with Crippen LogP contribution in [0.4, 0.5) is 0 Å². The SMILES string of the molecule is COc1cc(C(C)CC(C)O)ccc1Cl. The average Bonchev–Trinajstić information content (AvgIpc) is 2.17. The molecule has 2 unspecified atom stereocenters. The van der Waals surface area contributed by atoms with E-state index in [1.54, 1.807) is 14.0 Å². The first-order chi connectivity index (χ1) is 7.04. The van der Waals surface area contributed by atoms with Crippen molar-refractivity contribution in [3.8, 4) is 5.75 Å². The van der Waals surface area contributed by atoms with Crippen LogP contribution in [-0.2, 0) is 0 Å². The van der Waals surface area contributed by atoms with Crippen LogP contribution < -0.4 is 4.74 Å². The molecule has 0 aliphatic heterocycles. The van der Waals surface area contributed by atoms with E-state index in [-0.39, 0.29) is 6.10 Å². The lowest BCUT2D eigenvalue weighted by atomic mass is 9.95. The Hall–Kier alpha value is -0.730. The molecule has 84 valence electrons. The number of rotatable bonds is 4. The standard InChI is InChI=1S/C12H17ClO2/c1-8(6-9(2)14)10-4-5-11(13)12(7-10)15-3/h4-5,7-9,14H,6H2,1-3H3. The minimum atomic E-state index is -0.290. The number of aliphatic hydroxyl groups excluding tert-OH is 1. The molecule has 3 heteroatoms. The van der Waals surface area contributed by atoms with Crippen LogP contribution in [-0.4, -0.2) is 18.3 Å². The van der Waals surface area contributed by atoms with Crippen LogP contribution >= 0.6 is 11.6 Å². The van der Waals surface area contributed by atoms with E-state index in [1.807, 2.05) is 18.2 Å². The molecule has 0 amide bonds. The molecule has 0 heterocycles. The molecule has 0 aliphatic carbocycles. The van der Waals surface area contributed by atoms with Crippen LogP contribution in [0.1, 0.15) is 31.7 Å². The van der Waals surface area contributed by atoms with Gasteiger partial charge >= 0.3 is 0 Å². The van der Waals surface area contributed by atoms with Gasteiger partial charge in [0.15, 0.2) is 0 Å². The third-order valence-electron chi connectivity index (χ3n) is 2.44. The quantitative estimate of drug-likeness (QED) is 0.858. The second-order valence-electron chi connectivity index (χ2n) is 3.88. The maximum Gasteiger partial charge on any atom is 0.137 e. The highest BCUT2D eigenvalue weighted by atomic mass is 35.5. The lowest BCUT2D eigenvalue weighted by molar-refractivity contribution is 0.176. The van der Waals surface area contributed by atoms with E-state index in [0.717, 1.165) is 12.0 Å². The summed E-state index contributed by atoms with van der Waals surface area (Å²) < 4.78 is 5.15. The van der Waals surface area contributed by atoms with Crippen molar-refractivity contribution >= 4 is 11.6 Å². The highest BCUT2D eigenvalue weighted by Crippen LogP contribution is 2.30. The molecule has 0 saturated carbocycles. The first-order valence-electron chi connectivity index (χ1n) is 5.06. The van der Waals surface area contributed by atoms with Crippen molar-refractivity contribution < 1.29 is 9.84 Å². The van der Waals surface area contributed by atoms with Gasteiger partial charge in [-0.2, -0.15) is 0 Å². The fraction of sp³-hybridized carbons (Fsp3) is 0.500. The Morgan fingerprint density at radius 3 is 2.60 bits per heavy atom. The molecule has 2 atom stereocenters. The lowest BCUT2D eigenvalue weighted by Gasteiger charge is -2.15. The molecule has 15 heavy (non-hydrogen) atoms. The molecule has 1 aromatic carbocycles. The predicted molar refractivity (Wildman–Crippen MR) is 62.7 cm³/mol. The molecule has 0 fully saturated rings. The maximum atomic E-state index is 9.31. The lowest BCUT2D eigenvalue weighted by Crippen LogP contribution is -2.06. The van der Waals surface area contributed by atoms with Crippen LogP contribution in [0.15, 0.2) is 18.2 Å². The third-order valence-corrected chi connectivity index (χ3v) is 2.75. The molecule has 0 spiro atoms. The second kappa shape index (κ2) is 5.38. The van der Waals surface area contributed by atoms with Crippen LogP contribution in [0.3, 0.4) is 0 Å². The first kappa shape index (κ1) is 12.3. The molecule has 0 radical (unpaired) electrons. The summed E-state index contributed by atoms with van der Waals surface area (Å²) in [5.74, 6) is 0.989. The topological polar surface area (TPSA) is 29.5 Å². The zero-order chi connectivity index (χ0) is 11.4. The molecule has 2 nitrogen and oxygen atoms in total. The van der Waals surface area contributed by atoms with Crippen LogP contribution in [0, 0.1) is 0 Å². The summed E-state index contributed by atoms with van der Waals surface area (Å²) in [7, 11) is 1.60. The normalized spacial score (nSPS) is 14.7. The van der Waals surface area contributed by atoms with Crippen molar-refractivity contribution in [3.63, 3.8) is 0 Å². The van der Waals surface area contributed by atoms with Crippen molar-refractivity contribution in [2.75, 3.05) is 7.11 Å². The van der Waals surface area contributed by atoms with Gasteiger partial charge in [-0.15, -0.1) is 0 Å². The number of methoxy groups -OCH3 is 1. The van der Waals surface area contributed by atoms with E-state index in [2.05, 4.69) is 6.92 Å². The number of halogens is 1. The number of hydrogen-bond acceptors (Lipinski definition) is 2. The molecule has 1 N–H and O–H groups in total. The van der Waals surface area contributed by atoms with Gasteiger partial charge in [0.2, 0.25) is 0 Å². The summed E-state index contributed by atoms with van der Waals surface area (Å²) in [6.07, 6.45) is 0.451. The van der Waals surface area contributed by atoms with E-state index in [1.165, 1.54) is 0 Å². The minimum Gasteiger partial charge on any atom is -0.495 e. The van der Waals surface area contributed by atoms with E-state index in [4.69, 9.17) is 16.3 Å². The molecular weight excluding hydrogens is 212 g/mol. The summed E-state index contributed by atoms with van der Waals surface area (Å²) in [6.45, 7) is 3.87. The Balaban J connectivity index is 2.85. The minimum absolute atomic E-state index is 0.290.